The number of aryl methyl sites for hydroxylation is 1. The van der Waals surface area contributed by atoms with Crippen molar-refractivity contribution in [3.63, 3.8) is 0 Å². The fourth-order valence-electron chi connectivity index (χ4n) is 4.90. The Labute approximate surface area is 221 Å². The minimum Gasteiger partial charge on any atom is -0.481 e. The smallest absolute Gasteiger partial charge is 0.314 e. The number of carbonyl (C=O) groups excluding carboxylic acids is 1. The number of nitrogens with one attached hydrogen (secondary N) is 1. The summed E-state index contributed by atoms with van der Waals surface area (Å²) in [5.74, 6) is -0.507. The van der Waals surface area contributed by atoms with Gasteiger partial charge in [-0.05, 0) is 50.2 Å². The van der Waals surface area contributed by atoms with Crippen LogP contribution in [0.5, 0.6) is 0 Å². The quantitative estimate of drug-likeness (QED) is 0.396. The second-order valence-corrected chi connectivity index (χ2v) is 12.2. The SMILES string of the molecule is CNC(=O)c1c(-c2ccc(C)cc2)oc2nc(N(CCCC3(C(=O)O)COC3)S(C)(=O)=O)c(C3CC3)cc12. The van der Waals surface area contributed by atoms with Crippen LogP contribution in [0.25, 0.3) is 22.4 Å². The van der Waals surface area contributed by atoms with E-state index in [1.54, 1.807) is 7.05 Å². The average molecular weight is 542 g/mol. The summed E-state index contributed by atoms with van der Waals surface area (Å²) in [6.45, 7) is 2.28. The van der Waals surface area contributed by atoms with E-state index in [4.69, 9.17) is 9.15 Å². The Kier molecular flexibility index (Phi) is 6.68. The van der Waals surface area contributed by atoms with E-state index < -0.39 is 21.4 Å². The van der Waals surface area contributed by atoms with Crippen molar-refractivity contribution in [3.05, 3.63) is 47.0 Å². The molecule has 2 aromatic heterocycles. The zero-order valence-corrected chi connectivity index (χ0v) is 22.4. The molecule has 11 heteroatoms. The molecule has 1 amide bonds. The molecule has 1 saturated carbocycles. The molecular formula is C27H31N3O7S. The summed E-state index contributed by atoms with van der Waals surface area (Å²) in [6.07, 6.45) is 3.49. The van der Waals surface area contributed by atoms with Gasteiger partial charge in [0.1, 0.15) is 17.0 Å². The molecule has 5 rings (SSSR count). The maximum atomic E-state index is 13.0. The summed E-state index contributed by atoms with van der Waals surface area (Å²) in [7, 11) is -2.20. The van der Waals surface area contributed by atoms with Crippen molar-refractivity contribution in [2.24, 2.45) is 5.41 Å². The average Bonchev–Trinajstić information content (AvgIpc) is 3.62. The summed E-state index contributed by atoms with van der Waals surface area (Å²) in [4.78, 5) is 29.4. The third-order valence-corrected chi connectivity index (χ3v) is 8.50. The monoisotopic (exact) mass is 541 g/mol. The number of amides is 1. The van der Waals surface area contributed by atoms with Gasteiger partial charge < -0.3 is 19.6 Å². The first-order chi connectivity index (χ1) is 18.0. The molecular weight excluding hydrogens is 510 g/mol. The molecule has 0 spiro atoms. The summed E-state index contributed by atoms with van der Waals surface area (Å²) in [6, 6.07) is 9.42. The fourth-order valence-corrected chi connectivity index (χ4v) is 5.82. The number of aromatic nitrogens is 1. The highest BCUT2D eigenvalue weighted by Crippen LogP contribution is 2.47. The molecule has 1 aliphatic heterocycles. The highest BCUT2D eigenvalue weighted by Gasteiger charge is 2.46. The summed E-state index contributed by atoms with van der Waals surface area (Å²) in [5, 5.41) is 12.8. The van der Waals surface area contributed by atoms with Crippen molar-refractivity contribution in [2.75, 3.05) is 37.4 Å². The molecule has 202 valence electrons. The minimum absolute atomic E-state index is 0.0694. The van der Waals surface area contributed by atoms with E-state index in [1.165, 1.54) is 4.31 Å². The Morgan fingerprint density at radius 3 is 2.42 bits per heavy atom. The number of hydrogen-bond acceptors (Lipinski definition) is 7. The lowest BCUT2D eigenvalue weighted by atomic mass is 9.81. The van der Waals surface area contributed by atoms with Crippen molar-refractivity contribution in [1.29, 1.82) is 0 Å². The van der Waals surface area contributed by atoms with Gasteiger partial charge in [-0.3, -0.25) is 13.9 Å². The van der Waals surface area contributed by atoms with Crippen molar-refractivity contribution < 1.29 is 32.3 Å². The molecule has 0 unspecified atom stereocenters. The lowest BCUT2D eigenvalue weighted by Crippen LogP contribution is -2.49. The van der Waals surface area contributed by atoms with Crippen LogP contribution in [0.2, 0.25) is 0 Å². The summed E-state index contributed by atoms with van der Waals surface area (Å²) in [5.41, 5.74) is 2.05. The van der Waals surface area contributed by atoms with Gasteiger partial charge in [0.25, 0.3) is 5.91 Å². The van der Waals surface area contributed by atoms with Crippen molar-refractivity contribution >= 4 is 38.8 Å². The second kappa shape index (κ2) is 9.70. The molecule has 0 atom stereocenters. The van der Waals surface area contributed by atoms with Gasteiger partial charge in [0, 0.05) is 19.2 Å². The first-order valence-corrected chi connectivity index (χ1v) is 14.4. The third-order valence-electron chi connectivity index (χ3n) is 7.34. The summed E-state index contributed by atoms with van der Waals surface area (Å²) < 4.78 is 38.4. The number of hydrogen-bond donors (Lipinski definition) is 2. The first kappa shape index (κ1) is 26.2. The van der Waals surface area contributed by atoms with E-state index >= 15 is 0 Å². The normalized spacial score (nSPS) is 16.7. The number of aliphatic carboxylic acids is 1. The predicted octanol–water partition coefficient (Wildman–Crippen LogP) is 3.69. The van der Waals surface area contributed by atoms with Crippen molar-refractivity contribution in [1.82, 2.24) is 10.3 Å². The molecule has 1 saturated heterocycles. The Morgan fingerprint density at radius 2 is 1.89 bits per heavy atom. The number of rotatable bonds is 10. The van der Waals surface area contributed by atoms with E-state index in [9.17, 15) is 23.1 Å². The van der Waals surface area contributed by atoms with Gasteiger partial charge in [-0.1, -0.05) is 29.8 Å². The van der Waals surface area contributed by atoms with Crippen LogP contribution < -0.4 is 9.62 Å². The highest BCUT2D eigenvalue weighted by molar-refractivity contribution is 7.92. The standard InChI is InChI=1S/C27H31N3O7S/c1-16-5-7-18(8-6-16)22-21(24(31)28-2)20-13-19(17-9-10-17)23(29-25(20)37-22)30(38(3,34)35)12-4-11-27(26(32)33)14-36-15-27/h5-8,13,17H,4,9-12,14-15H2,1-3H3,(H,28,31)(H,32,33). The van der Waals surface area contributed by atoms with E-state index in [1.807, 2.05) is 37.3 Å². The van der Waals surface area contributed by atoms with Crippen molar-refractivity contribution in [3.8, 4) is 11.3 Å². The molecule has 2 fully saturated rings. The number of sulfonamides is 1. The van der Waals surface area contributed by atoms with Gasteiger partial charge in [-0.25, -0.2) is 8.42 Å². The lowest BCUT2D eigenvalue weighted by Gasteiger charge is -2.37. The fraction of sp³-hybridized carbons (Fsp3) is 0.444. The molecule has 38 heavy (non-hydrogen) atoms. The van der Waals surface area contributed by atoms with Gasteiger partial charge in [-0.15, -0.1) is 0 Å². The maximum absolute atomic E-state index is 13.0. The Morgan fingerprint density at radius 1 is 1.21 bits per heavy atom. The number of fused-ring (bicyclic) bond motifs is 1. The first-order valence-electron chi connectivity index (χ1n) is 12.6. The predicted molar refractivity (Wildman–Crippen MR) is 142 cm³/mol. The van der Waals surface area contributed by atoms with Gasteiger partial charge in [-0.2, -0.15) is 4.98 Å². The van der Waals surface area contributed by atoms with Gasteiger partial charge in [0.05, 0.1) is 30.4 Å². The van der Waals surface area contributed by atoms with Crippen molar-refractivity contribution in [2.45, 2.75) is 38.5 Å². The molecule has 0 bridgehead atoms. The number of nitrogens with zero attached hydrogens (tertiary/aromatic N) is 2. The Bertz CT molecular complexity index is 1500. The number of ether oxygens (including phenoxy) is 1. The largest absolute Gasteiger partial charge is 0.481 e. The van der Waals surface area contributed by atoms with Crippen LogP contribution in [0, 0.1) is 12.3 Å². The number of carbonyl (C=O) groups is 2. The number of furan rings is 1. The zero-order valence-electron chi connectivity index (χ0n) is 21.6. The van der Waals surface area contributed by atoms with Crippen LogP contribution >= 0.6 is 0 Å². The van der Waals surface area contributed by atoms with E-state index in [0.717, 1.165) is 30.2 Å². The molecule has 3 heterocycles. The third kappa shape index (κ3) is 4.76. The number of carboxylic acid groups (broad SMARTS) is 1. The molecule has 1 aliphatic carbocycles. The zero-order chi connectivity index (χ0) is 27.2. The van der Waals surface area contributed by atoms with Crippen LogP contribution in [-0.2, 0) is 19.6 Å². The lowest BCUT2D eigenvalue weighted by molar-refractivity contribution is -0.181. The molecule has 2 aliphatic rings. The Balaban J connectivity index is 1.59. The number of carboxylic acids is 1. The maximum Gasteiger partial charge on any atom is 0.314 e. The van der Waals surface area contributed by atoms with E-state index in [-0.39, 0.29) is 49.5 Å². The van der Waals surface area contributed by atoms with Gasteiger partial charge in [0.2, 0.25) is 15.7 Å². The number of benzene rings is 1. The molecule has 3 aromatic rings. The number of pyridine rings is 1. The van der Waals surface area contributed by atoms with Crippen LogP contribution in [-0.4, -0.2) is 63.4 Å². The van der Waals surface area contributed by atoms with Crippen LogP contribution in [0.1, 0.15) is 53.1 Å². The molecule has 2 N–H and O–H groups in total. The minimum atomic E-state index is -3.75. The molecule has 0 radical (unpaired) electrons. The topological polar surface area (TPSA) is 139 Å². The van der Waals surface area contributed by atoms with E-state index in [2.05, 4.69) is 10.3 Å². The van der Waals surface area contributed by atoms with Gasteiger partial charge >= 0.3 is 5.97 Å². The van der Waals surface area contributed by atoms with E-state index in [0.29, 0.717) is 28.7 Å². The highest BCUT2D eigenvalue weighted by atomic mass is 32.2. The second-order valence-electron chi connectivity index (χ2n) is 10.3. The summed E-state index contributed by atoms with van der Waals surface area (Å²) >= 11 is 0. The van der Waals surface area contributed by atoms with Gasteiger partial charge in [0.15, 0.2) is 0 Å². The van der Waals surface area contributed by atoms with Crippen LogP contribution in [0.4, 0.5) is 5.82 Å². The number of anilines is 1. The Hall–Kier alpha value is -3.44. The van der Waals surface area contributed by atoms with Crippen LogP contribution in [0.15, 0.2) is 34.7 Å². The molecule has 10 nitrogen and oxygen atoms in total. The molecule has 1 aromatic carbocycles. The van der Waals surface area contributed by atoms with Crippen LogP contribution in [0.3, 0.4) is 0 Å².